The third kappa shape index (κ3) is 6.37. The summed E-state index contributed by atoms with van der Waals surface area (Å²) in [7, 11) is 0. The third-order valence-electron chi connectivity index (χ3n) is 3.05. The van der Waals surface area contributed by atoms with Crippen molar-refractivity contribution in [3.05, 3.63) is 60.4 Å². The van der Waals surface area contributed by atoms with Gasteiger partial charge >= 0.3 is 6.03 Å². The number of pyridine rings is 1. The van der Waals surface area contributed by atoms with E-state index < -0.39 is 0 Å². The minimum absolute atomic E-state index is 0.225. The fraction of sp³-hybridized carbons (Fsp3) is 0.294. The molecule has 0 saturated heterocycles. The van der Waals surface area contributed by atoms with Crippen molar-refractivity contribution in [3.63, 3.8) is 0 Å². The van der Waals surface area contributed by atoms with Crippen molar-refractivity contribution >= 4 is 11.7 Å². The zero-order chi connectivity index (χ0) is 15.5. The van der Waals surface area contributed by atoms with Crippen LogP contribution in [-0.4, -0.2) is 30.8 Å². The summed E-state index contributed by atoms with van der Waals surface area (Å²) in [6, 6.07) is 13.6. The van der Waals surface area contributed by atoms with Crippen LogP contribution >= 0.6 is 0 Å². The minimum Gasteiger partial charge on any atom is -0.381 e. The lowest BCUT2D eigenvalue weighted by Crippen LogP contribution is -2.30. The Morgan fingerprint density at radius 3 is 2.73 bits per heavy atom. The summed E-state index contributed by atoms with van der Waals surface area (Å²) in [5.74, 6) is 0. The predicted octanol–water partition coefficient (Wildman–Crippen LogP) is 2.85. The fourth-order valence-electron chi connectivity index (χ4n) is 1.92. The molecule has 0 aliphatic heterocycles. The van der Waals surface area contributed by atoms with E-state index in [9.17, 15) is 4.79 Å². The molecule has 0 bridgehead atoms. The number of hydrogen-bond donors (Lipinski definition) is 2. The molecule has 0 unspecified atom stereocenters. The molecule has 0 aliphatic rings. The summed E-state index contributed by atoms with van der Waals surface area (Å²) < 4.78 is 5.56. The quantitative estimate of drug-likeness (QED) is 0.737. The standard InChI is InChI=1S/C17H21N3O2/c21-17(20-16-8-4-10-18-14-16)19-11-5-12-22-13-9-15-6-2-1-3-7-15/h1-4,6-8,10,14H,5,9,11-13H2,(H2,19,20,21). The number of hydrogen-bond acceptors (Lipinski definition) is 3. The summed E-state index contributed by atoms with van der Waals surface area (Å²) in [6.07, 6.45) is 4.97. The van der Waals surface area contributed by atoms with E-state index in [2.05, 4.69) is 27.8 Å². The molecule has 2 amide bonds. The lowest BCUT2D eigenvalue weighted by Gasteiger charge is -2.07. The molecule has 0 fully saturated rings. The average Bonchev–Trinajstić information content (AvgIpc) is 2.56. The number of nitrogens with one attached hydrogen (secondary N) is 2. The number of amides is 2. The summed E-state index contributed by atoms with van der Waals surface area (Å²) in [5, 5.41) is 5.49. The van der Waals surface area contributed by atoms with Crippen LogP contribution in [0.3, 0.4) is 0 Å². The van der Waals surface area contributed by atoms with Crippen LogP contribution in [0.5, 0.6) is 0 Å². The molecular formula is C17H21N3O2. The van der Waals surface area contributed by atoms with E-state index in [1.807, 2.05) is 18.2 Å². The van der Waals surface area contributed by atoms with Crippen LogP contribution in [0.15, 0.2) is 54.9 Å². The zero-order valence-electron chi connectivity index (χ0n) is 12.5. The van der Waals surface area contributed by atoms with Crippen LogP contribution in [0.1, 0.15) is 12.0 Å². The van der Waals surface area contributed by atoms with Crippen molar-refractivity contribution in [2.45, 2.75) is 12.8 Å². The molecule has 5 nitrogen and oxygen atoms in total. The smallest absolute Gasteiger partial charge is 0.319 e. The van der Waals surface area contributed by atoms with Gasteiger partial charge in [0.15, 0.2) is 0 Å². The Kier molecular flexibility index (Phi) is 6.92. The number of urea groups is 1. The average molecular weight is 299 g/mol. The second kappa shape index (κ2) is 9.52. The highest BCUT2D eigenvalue weighted by atomic mass is 16.5. The molecule has 1 aromatic carbocycles. The Balaban J connectivity index is 1.48. The van der Waals surface area contributed by atoms with Crippen LogP contribution < -0.4 is 10.6 Å². The van der Waals surface area contributed by atoms with Crippen molar-refractivity contribution in [2.24, 2.45) is 0 Å². The first-order chi connectivity index (χ1) is 10.8. The van der Waals surface area contributed by atoms with Crippen molar-refractivity contribution in [2.75, 3.05) is 25.1 Å². The van der Waals surface area contributed by atoms with Crippen molar-refractivity contribution in [1.29, 1.82) is 0 Å². The Labute approximate surface area is 130 Å². The molecular weight excluding hydrogens is 278 g/mol. The van der Waals surface area contributed by atoms with Gasteiger partial charge in [0.05, 0.1) is 18.5 Å². The molecule has 1 aromatic heterocycles. The van der Waals surface area contributed by atoms with Crippen LogP contribution in [0, 0.1) is 0 Å². The van der Waals surface area contributed by atoms with E-state index in [1.165, 1.54) is 5.56 Å². The molecule has 0 spiro atoms. The van der Waals surface area contributed by atoms with Crippen molar-refractivity contribution in [1.82, 2.24) is 10.3 Å². The molecule has 1 heterocycles. The topological polar surface area (TPSA) is 63.2 Å². The molecule has 2 N–H and O–H groups in total. The molecule has 5 heteroatoms. The van der Waals surface area contributed by atoms with Gasteiger partial charge in [-0.25, -0.2) is 4.79 Å². The molecule has 22 heavy (non-hydrogen) atoms. The maximum atomic E-state index is 11.6. The van der Waals surface area contributed by atoms with Gasteiger partial charge < -0.3 is 15.4 Å². The number of ether oxygens (including phenoxy) is 1. The first kappa shape index (κ1) is 16.0. The lowest BCUT2D eigenvalue weighted by atomic mass is 10.2. The number of carbonyl (C=O) groups excluding carboxylic acids is 1. The Morgan fingerprint density at radius 2 is 1.95 bits per heavy atom. The van der Waals surface area contributed by atoms with Gasteiger partial charge in [-0.1, -0.05) is 30.3 Å². The van der Waals surface area contributed by atoms with E-state index in [0.29, 0.717) is 25.4 Å². The maximum absolute atomic E-state index is 11.6. The van der Waals surface area contributed by atoms with Gasteiger partial charge in [-0.15, -0.1) is 0 Å². The van der Waals surface area contributed by atoms with Crippen LogP contribution in [0.25, 0.3) is 0 Å². The highest BCUT2D eigenvalue weighted by Gasteiger charge is 2.00. The van der Waals surface area contributed by atoms with E-state index in [4.69, 9.17) is 4.74 Å². The number of aromatic nitrogens is 1. The molecule has 2 aromatic rings. The van der Waals surface area contributed by atoms with Gasteiger partial charge in [0.1, 0.15) is 0 Å². The predicted molar refractivity (Wildman–Crippen MR) is 86.8 cm³/mol. The normalized spacial score (nSPS) is 10.2. The second-order valence-electron chi connectivity index (χ2n) is 4.82. The Hall–Kier alpha value is -2.40. The first-order valence-electron chi connectivity index (χ1n) is 7.41. The largest absolute Gasteiger partial charge is 0.381 e. The maximum Gasteiger partial charge on any atom is 0.319 e. The van der Waals surface area contributed by atoms with Crippen molar-refractivity contribution in [3.8, 4) is 0 Å². The third-order valence-corrected chi connectivity index (χ3v) is 3.05. The van der Waals surface area contributed by atoms with Gasteiger partial charge in [-0.3, -0.25) is 4.98 Å². The van der Waals surface area contributed by atoms with Gasteiger partial charge in [-0.05, 0) is 30.5 Å². The molecule has 0 aliphatic carbocycles. The van der Waals surface area contributed by atoms with Gasteiger partial charge in [-0.2, -0.15) is 0 Å². The van der Waals surface area contributed by atoms with E-state index >= 15 is 0 Å². The SMILES string of the molecule is O=C(NCCCOCCc1ccccc1)Nc1cccnc1. The van der Waals surface area contributed by atoms with Crippen LogP contribution in [0.4, 0.5) is 10.5 Å². The zero-order valence-corrected chi connectivity index (χ0v) is 12.5. The molecule has 2 rings (SSSR count). The highest BCUT2D eigenvalue weighted by molar-refractivity contribution is 5.88. The second-order valence-corrected chi connectivity index (χ2v) is 4.82. The number of nitrogens with zero attached hydrogens (tertiary/aromatic N) is 1. The van der Waals surface area contributed by atoms with E-state index in [0.717, 1.165) is 12.8 Å². The van der Waals surface area contributed by atoms with E-state index in [1.54, 1.807) is 24.5 Å². The number of rotatable bonds is 8. The molecule has 116 valence electrons. The van der Waals surface area contributed by atoms with Gasteiger partial charge in [0.2, 0.25) is 0 Å². The monoisotopic (exact) mass is 299 g/mol. The van der Waals surface area contributed by atoms with Gasteiger partial charge in [0, 0.05) is 19.3 Å². The lowest BCUT2D eigenvalue weighted by molar-refractivity contribution is 0.135. The number of benzene rings is 1. The Bertz CT molecular complexity index is 546. The summed E-state index contributed by atoms with van der Waals surface area (Å²) in [5.41, 5.74) is 1.95. The summed E-state index contributed by atoms with van der Waals surface area (Å²) in [6.45, 7) is 1.92. The van der Waals surface area contributed by atoms with Gasteiger partial charge in [0.25, 0.3) is 0 Å². The fourth-order valence-corrected chi connectivity index (χ4v) is 1.92. The van der Waals surface area contributed by atoms with Crippen LogP contribution in [-0.2, 0) is 11.2 Å². The van der Waals surface area contributed by atoms with Crippen LogP contribution in [0.2, 0.25) is 0 Å². The van der Waals surface area contributed by atoms with Crippen molar-refractivity contribution < 1.29 is 9.53 Å². The molecule has 0 atom stereocenters. The molecule has 0 radical (unpaired) electrons. The summed E-state index contributed by atoms with van der Waals surface area (Å²) in [4.78, 5) is 15.5. The summed E-state index contributed by atoms with van der Waals surface area (Å²) >= 11 is 0. The molecule has 0 saturated carbocycles. The Morgan fingerprint density at radius 1 is 1.09 bits per heavy atom. The minimum atomic E-state index is -0.225. The number of anilines is 1. The number of carbonyl (C=O) groups is 1. The highest BCUT2D eigenvalue weighted by Crippen LogP contribution is 2.02. The van der Waals surface area contributed by atoms with E-state index in [-0.39, 0.29) is 6.03 Å². The first-order valence-corrected chi connectivity index (χ1v) is 7.41.